The molecule has 0 unspecified atom stereocenters. The SMILES string of the molecule is O=S1(=O)C[C@@H](O)[C@H](Nc2ccc(F)cc2)C1. The largest absolute Gasteiger partial charge is 0.390 e. The highest BCUT2D eigenvalue weighted by atomic mass is 32.2. The van der Waals surface area contributed by atoms with E-state index in [1.165, 1.54) is 24.3 Å². The van der Waals surface area contributed by atoms with E-state index >= 15 is 0 Å². The van der Waals surface area contributed by atoms with Gasteiger partial charge in [-0.05, 0) is 24.3 Å². The van der Waals surface area contributed by atoms with Crippen molar-refractivity contribution in [2.75, 3.05) is 16.8 Å². The molecule has 0 aliphatic carbocycles. The fourth-order valence-electron chi connectivity index (χ4n) is 1.73. The molecular formula is C10H12FNO3S. The average molecular weight is 245 g/mol. The third-order valence-electron chi connectivity index (χ3n) is 2.52. The Morgan fingerprint density at radius 3 is 2.38 bits per heavy atom. The molecule has 2 rings (SSSR count). The van der Waals surface area contributed by atoms with Gasteiger partial charge in [0.15, 0.2) is 9.84 Å². The number of benzene rings is 1. The minimum atomic E-state index is -3.16. The highest BCUT2D eigenvalue weighted by Gasteiger charge is 2.36. The summed E-state index contributed by atoms with van der Waals surface area (Å²) < 4.78 is 35.1. The number of aliphatic hydroxyl groups excluding tert-OH is 1. The third kappa shape index (κ3) is 2.51. The van der Waals surface area contributed by atoms with Gasteiger partial charge < -0.3 is 10.4 Å². The molecule has 0 amide bonds. The van der Waals surface area contributed by atoms with Gasteiger partial charge in [0.25, 0.3) is 0 Å². The first-order valence-corrected chi connectivity index (χ1v) is 6.69. The van der Waals surface area contributed by atoms with Crippen molar-refractivity contribution in [3.63, 3.8) is 0 Å². The van der Waals surface area contributed by atoms with E-state index in [9.17, 15) is 17.9 Å². The summed E-state index contributed by atoms with van der Waals surface area (Å²) in [5, 5.41) is 12.4. The molecule has 1 aromatic rings. The lowest BCUT2D eigenvalue weighted by atomic mass is 10.2. The number of anilines is 1. The Kier molecular flexibility index (Phi) is 2.86. The van der Waals surface area contributed by atoms with Gasteiger partial charge in [-0.3, -0.25) is 0 Å². The third-order valence-corrected chi connectivity index (χ3v) is 4.24. The number of nitrogens with one attached hydrogen (secondary N) is 1. The zero-order valence-corrected chi connectivity index (χ0v) is 9.24. The molecule has 2 atom stereocenters. The molecule has 1 aromatic carbocycles. The van der Waals surface area contributed by atoms with Gasteiger partial charge in [-0.15, -0.1) is 0 Å². The van der Waals surface area contributed by atoms with Crippen molar-refractivity contribution in [1.29, 1.82) is 0 Å². The molecule has 1 heterocycles. The van der Waals surface area contributed by atoms with E-state index in [4.69, 9.17) is 0 Å². The summed E-state index contributed by atoms with van der Waals surface area (Å²) in [6, 6.07) is 5.05. The Labute approximate surface area is 93.0 Å². The first-order valence-electron chi connectivity index (χ1n) is 4.87. The molecule has 0 aromatic heterocycles. The number of halogens is 1. The van der Waals surface area contributed by atoms with Crippen molar-refractivity contribution in [2.24, 2.45) is 0 Å². The molecule has 1 fully saturated rings. The molecule has 6 heteroatoms. The van der Waals surface area contributed by atoms with Crippen LogP contribution in [0.15, 0.2) is 24.3 Å². The second kappa shape index (κ2) is 4.03. The normalized spacial score (nSPS) is 27.9. The molecule has 0 radical (unpaired) electrons. The summed E-state index contributed by atoms with van der Waals surface area (Å²) in [7, 11) is -3.16. The predicted molar refractivity (Wildman–Crippen MR) is 58.5 cm³/mol. The molecular weight excluding hydrogens is 233 g/mol. The lowest BCUT2D eigenvalue weighted by Crippen LogP contribution is -2.31. The van der Waals surface area contributed by atoms with E-state index in [0.717, 1.165) is 0 Å². The molecule has 4 nitrogen and oxygen atoms in total. The Morgan fingerprint density at radius 1 is 1.25 bits per heavy atom. The van der Waals surface area contributed by atoms with Crippen LogP contribution in [0.3, 0.4) is 0 Å². The maximum atomic E-state index is 12.6. The van der Waals surface area contributed by atoms with Crippen LogP contribution < -0.4 is 5.32 Å². The zero-order valence-electron chi connectivity index (χ0n) is 8.43. The summed E-state index contributed by atoms with van der Waals surface area (Å²) in [6.45, 7) is 0. The fourth-order valence-corrected chi connectivity index (χ4v) is 3.47. The Morgan fingerprint density at radius 2 is 1.88 bits per heavy atom. The molecule has 0 bridgehead atoms. The van der Waals surface area contributed by atoms with Crippen LogP contribution in [-0.4, -0.2) is 37.2 Å². The molecule has 1 saturated heterocycles. The molecule has 1 aliphatic heterocycles. The molecule has 0 saturated carbocycles. The average Bonchev–Trinajstić information content (AvgIpc) is 2.44. The van der Waals surface area contributed by atoms with Gasteiger partial charge >= 0.3 is 0 Å². The lowest BCUT2D eigenvalue weighted by molar-refractivity contribution is 0.190. The van der Waals surface area contributed by atoms with Gasteiger partial charge in [-0.25, -0.2) is 12.8 Å². The monoisotopic (exact) mass is 245 g/mol. The van der Waals surface area contributed by atoms with E-state index in [-0.39, 0.29) is 17.3 Å². The van der Waals surface area contributed by atoms with Gasteiger partial charge in [0.05, 0.1) is 23.7 Å². The van der Waals surface area contributed by atoms with Gasteiger partial charge in [0.1, 0.15) is 5.82 Å². The van der Waals surface area contributed by atoms with Crippen molar-refractivity contribution in [3.05, 3.63) is 30.1 Å². The molecule has 1 aliphatic rings. The van der Waals surface area contributed by atoms with Gasteiger partial charge in [-0.1, -0.05) is 0 Å². The van der Waals surface area contributed by atoms with Crippen molar-refractivity contribution >= 4 is 15.5 Å². The van der Waals surface area contributed by atoms with Crippen molar-refractivity contribution < 1.29 is 17.9 Å². The van der Waals surface area contributed by atoms with Gasteiger partial charge in [0, 0.05) is 5.69 Å². The van der Waals surface area contributed by atoms with Gasteiger partial charge in [-0.2, -0.15) is 0 Å². The Hall–Kier alpha value is -1.14. The van der Waals surface area contributed by atoms with E-state index in [1.807, 2.05) is 0 Å². The first kappa shape index (κ1) is 11.3. The standard InChI is InChI=1S/C10H12FNO3S/c11-7-1-3-8(4-2-7)12-9-5-16(14,15)6-10(9)13/h1-4,9-10,12-13H,5-6H2/t9-,10-/m1/s1. The lowest BCUT2D eigenvalue weighted by Gasteiger charge is -2.15. The van der Waals surface area contributed by atoms with Crippen molar-refractivity contribution in [1.82, 2.24) is 0 Å². The molecule has 88 valence electrons. The predicted octanol–water partition coefficient (Wildman–Crippen LogP) is 0.395. The topological polar surface area (TPSA) is 66.4 Å². The highest BCUT2D eigenvalue weighted by Crippen LogP contribution is 2.18. The van der Waals surface area contributed by atoms with Crippen LogP contribution in [0.1, 0.15) is 0 Å². The minimum absolute atomic E-state index is 0.0917. The quantitative estimate of drug-likeness (QED) is 0.791. The highest BCUT2D eigenvalue weighted by molar-refractivity contribution is 7.91. The van der Waals surface area contributed by atoms with E-state index in [0.29, 0.717) is 5.69 Å². The number of sulfone groups is 1. The summed E-state index contributed by atoms with van der Waals surface area (Å²) >= 11 is 0. The Bertz CT molecular complexity index is 471. The Balaban J connectivity index is 2.08. The van der Waals surface area contributed by atoms with Gasteiger partial charge in [0.2, 0.25) is 0 Å². The van der Waals surface area contributed by atoms with Crippen LogP contribution in [0.25, 0.3) is 0 Å². The number of hydrogen-bond acceptors (Lipinski definition) is 4. The summed E-state index contributed by atoms with van der Waals surface area (Å²) in [4.78, 5) is 0. The number of rotatable bonds is 2. The molecule has 0 spiro atoms. The molecule has 2 N–H and O–H groups in total. The summed E-state index contributed by atoms with van der Waals surface area (Å²) in [5.41, 5.74) is 0.600. The maximum Gasteiger partial charge on any atom is 0.155 e. The molecule has 16 heavy (non-hydrogen) atoms. The first-order chi connectivity index (χ1) is 7.46. The van der Waals surface area contributed by atoms with E-state index in [2.05, 4.69) is 5.32 Å². The van der Waals surface area contributed by atoms with E-state index in [1.54, 1.807) is 0 Å². The minimum Gasteiger partial charge on any atom is -0.390 e. The van der Waals surface area contributed by atoms with Crippen LogP contribution in [0.5, 0.6) is 0 Å². The summed E-state index contributed by atoms with van der Waals surface area (Å²) in [6.07, 6.45) is -0.907. The van der Waals surface area contributed by atoms with Crippen LogP contribution >= 0.6 is 0 Å². The maximum absolute atomic E-state index is 12.6. The smallest absolute Gasteiger partial charge is 0.155 e. The van der Waals surface area contributed by atoms with Crippen molar-refractivity contribution in [3.8, 4) is 0 Å². The summed E-state index contributed by atoms with van der Waals surface area (Å²) in [5.74, 6) is -0.664. The second-order valence-electron chi connectivity index (χ2n) is 3.90. The van der Waals surface area contributed by atoms with Crippen LogP contribution in [0, 0.1) is 5.82 Å². The number of aliphatic hydroxyl groups is 1. The number of hydrogen-bond donors (Lipinski definition) is 2. The van der Waals surface area contributed by atoms with Crippen molar-refractivity contribution in [2.45, 2.75) is 12.1 Å². The van der Waals surface area contributed by atoms with Crippen LogP contribution in [-0.2, 0) is 9.84 Å². The second-order valence-corrected chi connectivity index (χ2v) is 6.06. The van der Waals surface area contributed by atoms with E-state index < -0.39 is 22.0 Å². The zero-order chi connectivity index (χ0) is 11.8. The van der Waals surface area contributed by atoms with Crippen LogP contribution in [0.2, 0.25) is 0 Å². The van der Waals surface area contributed by atoms with Crippen LogP contribution in [0.4, 0.5) is 10.1 Å². The fraction of sp³-hybridized carbons (Fsp3) is 0.400.